The monoisotopic (exact) mass is 964 g/mol. The van der Waals surface area contributed by atoms with Crippen LogP contribution in [0.4, 0.5) is 17.1 Å². The first-order valence-corrected chi connectivity index (χ1v) is 26.3. The molecule has 1 unspecified atom stereocenters. The number of para-hydroxylation sites is 4. The van der Waals surface area contributed by atoms with E-state index < -0.39 is 10.8 Å². The molecular formula is C72H44N4. The van der Waals surface area contributed by atoms with Gasteiger partial charge in [0.25, 0.3) is 0 Å². The second kappa shape index (κ2) is 15.3. The van der Waals surface area contributed by atoms with Gasteiger partial charge < -0.3 is 9.47 Å². The molecule has 0 fully saturated rings. The standard InChI is InChI=1S/C72H44N4/c1-3-20-45(21-4-1)46-38-47(40-50(39-46)76-65-34-16-10-27-54(65)55-28-11-17-35-66(55)76)48-41-64-70(74-44-48)69-61(33-19-37-73-69)72(64)60-32-15-18-36-67(60)75(49-22-5-2-6-23-49)68-43-62-56(42-63(68)72)53-26-9-14-31-59(53)71(62)57-29-12-7-24-51(57)52-25-8-13-30-58(52)71/h1-44H. The van der Waals surface area contributed by atoms with Crippen molar-refractivity contribution in [2.24, 2.45) is 0 Å². The molecule has 1 atom stereocenters. The number of hydrogen-bond donors (Lipinski definition) is 0. The largest absolute Gasteiger partial charge is 0.310 e. The van der Waals surface area contributed by atoms with E-state index in [4.69, 9.17) is 9.97 Å². The van der Waals surface area contributed by atoms with Crippen molar-refractivity contribution in [3.8, 4) is 61.6 Å². The minimum absolute atomic E-state index is 0.528. The Labute approximate surface area is 440 Å². The molecule has 3 aliphatic carbocycles. The molecule has 0 radical (unpaired) electrons. The second-order valence-electron chi connectivity index (χ2n) is 20.8. The Balaban J connectivity index is 0.977. The highest BCUT2D eigenvalue weighted by Crippen LogP contribution is 2.68. The van der Waals surface area contributed by atoms with Gasteiger partial charge in [0, 0.05) is 45.7 Å². The van der Waals surface area contributed by atoms with E-state index in [0.29, 0.717) is 0 Å². The molecule has 76 heavy (non-hydrogen) atoms. The van der Waals surface area contributed by atoms with E-state index >= 15 is 0 Å². The van der Waals surface area contributed by atoms with Crippen LogP contribution in [0.3, 0.4) is 0 Å². The molecule has 0 saturated carbocycles. The number of anilines is 3. The Kier molecular flexibility index (Phi) is 8.38. The molecule has 4 aliphatic rings. The van der Waals surface area contributed by atoms with Gasteiger partial charge in [-0.05, 0) is 151 Å². The lowest BCUT2D eigenvalue weighted by Gasteiger charge is -2.45. The predicted octanol–water partition coefficient (Wildman–Crippen LogP) is 17.4. The molecular weight excluding hydrogens is 921 g/mol. The summed E-state index contributed by atoms with van der Waals surface area (Å²) in [5.41, 5.74) is 26.8. The second-order valence-corrected chi connectivity index (χ2v) is 20.8. The van der Waals surface area contributed by atoms with Crippen molar-refractivity contribution in [2.75, 3.05) is 4.90 Å². The highest BCUT2D eigenvalue weighted by atomic mass is 15.2. The molecule has 0 bridgehead atoms. The summed E-state index contributed by atoms with van der Waals surface area (Å²) in [5, 5.41) is 2.47. The fraction of sp³-hybridized carbons (Fsp3) is 0.0278. The third kappa shape index (κ3) is 5.27. The normalized spacial score (nSPS) is 15.5. The molecule has 4 nitrogen and oxygen atoms in total. The SMILES string of the molecule is c1ccc(-c2cc(-c3cnc4c(c3)C3(c5ccccc5N(c5ccccc5)c5cc6c(cc53)-c3ccccc3C63c5ccccc5-c5ccccc53)c3cccnc3-4)cc(-n3c4ccccc4c4ccccc43)c2)cc1. The third-order valence-corrected chi connectivity index (χ3v) is 17.2. The van der Waals surface area contributed by atoms with Gasteiger partial charge in [-0.2, -0.15) is 0 Å². The highest BCUT2D eigenvalue weighted by molar-refractivity contribution is 6.09. The van der Waals surface area contributed by atoms with E-state index in [2.05, 4.69) is 270 Å². The van der Waals surface area contributed by atoms with Crippen LogP contribution in [0.1, 0.15) is 44.5 Å². The first-order chi connectivity index (χ1) is 37.7. The summed E-state index contributed by atoms with van der Waals surface area (Å²) in [6.45, 7) is 0. The van der Waals surface area contributed by atoms with Crippen molar-refractivity contribution >= 4 is 38.9 Å². The van der Waals surface area contributed by atoms with Crippen LogP contribution in [0, 0.1) is 0 Å². The van der Waals surface area contributed by atoms with Gasteiger partial charge in [-0.3, -0.25) is 9.97 Å². The Morgan fingerprint density at radius 3 is 1.50 bits per heavy atom. The zero-order chi connectivity index (χ0) is 49.7. The summed E-state index contributed by atoms with van der Waals surface area (Å²) >= 11 is 0. The Morgan fingerprint density at radius 1 is 0.289 bits per heavy atom. The first-order valence-electron chi connectivity index (χ1n) is 26.3. The summed E-state index contributed by atoms with van der Waals surface area (Å²) < 4.78 is 2.43. The van der Waals surface area contributed by atoms with Crippen LogP contribution in [0.5, 0.6) is 0 Å². The molecule has 1 aliphatic heterocycles. The Morgan fingerprint density at radius 2 is 0.816 bits per heavy atom. The maximum atomic E-state index is 5.58. The van der Waals surface area contributed by atoms with E-state index in [9.17, 15) is 0 Å². The molecule has 3 aromatic heterocycles. The van der Waals surface area contributed by atoms with Gasteiger partial charge >= 0.3 is 0 Å². The van der Waals surface area contributed by atoms with Gasteiger partial charge in [-0.15, -0.1) is 0 Å². The van der Waals surface area contributed by atoms with E-state index in [1.807, 2.05) is 6.20 Å². The van der Waals surface area contributed by atoms with Crippen LogP contribution in [-0.4, -0.2) is 14.5 Å². The van der Waals surface area contributed by atoms with Crippen molar-refractivity contribution in [3.63, 3.8) is 0 Å². The summed E-state index contributed by atoms with van der Waals surface area (Å²) in [6, 6.07) is 94.8. The van der Waals surface area contributed by atoms with Gasteiger partial charge in [0.15, 0.2) is 0 Å². The molecule has 4 heteroatoms. The average molecular weight is 965 g/mol. The fourth-order valence-corrected chi connectivity index (χ4v) is 14.4. The summed E-state index contributed by atoms with van der Waals surface area (Å²) in [7, 11) is 0. The van der Waals surface area contributed by atoms with E-state index in [1.165, 1.54) is 77.4 Å². The van der Waals surface area contributed by atoms with E-state index in [0.717, 1.165) is 67.5 Å². The third-order valence-electron chi connectivity index (χ3n) is 17.2. The van der Waals surface area contributed by atoms with Crippen molar-refractivity contribution in [1.82, 2.24) is 14.5 Å². The fourth-order valence-electron chi connectivity index (χ4n) is 14.4. The van der Waals surface area contributed by atoms with Gasteiger partial charge in [-0.25, -0.2) is 0 Å². The maximum Gasteiger partial charge on any atom is 0.0937 e. The quantitative estimate of drug-likeness (QED) is 0.176. The summed E-state index contributed by atoms with van der Waals surface area (Å²) in [5.74, 6) is 0. The number of benzene rings is 10. The smallest absolute Gasteiger partial charge is 0.0937 e. The summed E-state index contributed by atoms with van der Waals surface area (Å²) in [4.78, 5) is 13.4. The molecule has 17 rings (SSSR count). The van der Waals surface area contributed by atoms with Crippen LogP contribution in [-0.2, 0) is 10.8 Å². The predicted molar refractivity (Wildman–Crippen MR) is 309 cm³/mol. The Hall–Kier alpha value is -9.90. The van der Waals surface area contributed by atoms with Gasteiger partial charge in [0.1, 0.15) is 0 Å². The lowest BCUT2D eigenvalue weighted by molar-refractivity contribution is 0.744. The van der Waals surface area contributed by atoms with Gasteiger partial charge in [-0.1, -0.05) is 182 Å². The molecule has 352 valence electrons. The lowest BCUT2D eigenvalue weighted by Crippen LogP contribution is -2.37. The number of nitrogens with zero attached hydrogens (tertiary/aromatic N) is 4. The van der Waals surface area contributed by atoms with Crippen molar-refractivity contribution in [2.45, 2.75) is 10.8 Å². The van der Waals surface area contributed by atoms with Crippen LogP contribution in [0.15, 0.2) is 267 Å². The first kappa shape index (κ1) is 41.6. The highest BCUT2D eigenvalue weighted by Gasteiger charge is 2.57. The van der Waals surface area contributed by atoms with Crippen molar-refractivity contribution in [1.29, 1.82) is 0 Å². The number of hydrogen-bond acceptors (Lipinski definition) is 3. The van der Waals surface area contributed by atoms with Crippen molar-refractivity contribution < 1.29 is 0 Å². The minimum Gasteiger partial charge on any atom is -0.310 e. The molecule has 0 saturated heterocycles. The molecule has 0 amide bonds. The number of aromatic nitrogens is 3. The summed E-state index contributed by atoms with van der Waals surface area (Å²) in [6.07, 6.45) is 4.02. The average Bonchev–Trinajstić information content (AvgIpc) is 4.37. The van der Waals surface area contributed by atoms with Crippen molar-refractivity contribution in [3.05, 3.63) is 312 Å². The molecule has 10 aromatic carbocycles. The van der Waals surface area contributed by atoms with Crippen LogP contribution in [0.2, 0.25) is 0 Å². The molecule has 2 spiro atoms. The van der Waals surface area contributed by atoms with Crippen LogP contribution < -0.4 is 4.90 Å². The molecule has 13 aromatic rings. The number of pyridine rings is 2. The van der Waals surface area contributed by atoms with Crippen LogP contribution >= 0.6 is 0 Å². The Bertz CT molecular complexity index is 4510. The minimum atomic E-state index is -0.808. The van der Waals surface area contributed by atoms with Gasteiger partial charge in [0.2, 0.25) is 0 Å². The van der Waals surface area contributed by atoms with E-state index in [-0.39, 0.29) is 0 Å². The topological polar surface area (TPSA) is 34.0 Å². The zero-order valence-electron chi connectivity index (χ0n) is 41.2. The maximum absolute atomic E-state index is 5.58. The van der Waals surface area contributed by atoms with E-state index in [1.54, 1.807) is 0 Å². The lowest BCUT2D eigenvalue weighted by atomic mass is 9.63. The van der Waals surface area contributed by atoms with Crippen LogP contribution in [0.25, 0.3) is 83.4 Å². The van der Waals surface area contributed by atoms with Gasteiger partial charge in [0.05, 0.1) is 44.6 Å². The molecule has 4 heterocycles. The molecule has 0 N–H and O–H groups in total. The zero-order valence-corrected chi connectivity index (χ0v) is 41.2. The number of fused-ring (bicyclic) bond motifs is 22. The number of rotatable bonds is 4.